The molecule has 7 nitrogen and oxygen atoms in total. The van der Waals surface area contributed by atoms with E-state index in [1.165, 1.54) is 42.9 Å². The number of nitrogens with zero attached hydrogens (tertiary/aromatic N) is 3. The first-order valence-electron chi connectivity index (χ1n) is 9.37. The van der Waals surface area contributed by atoms with Crippen molar-refractivity contribution in [2.45, 2.75) is 36.6 Å². The van der Waals surface area contributed by atoms with Gasteiger partial charge in [0.1, 0.15) is 11.0 Å². The Bertz CT molecular complexity index is 1000. The van der Waals surface area contributed by atoms with Crippen LogP contribution < -0.4 is 10.0 Å². The van der Waals surface area contributed by atoms with Crippen LogP contribution in [0.25, 0.3) is 0 Å². The summed E-state index contributed by atoms with van der Waals surface area (Å²) in [6.45, 7) is 5.40. The van der Waals surface area contributed by atoms with Crippen molar-refractivity contribution in [3.63, 3.8) is 0 Å². The third-order valence-electron chi connectivity index (χ3n) is 5.67. The first-order chi connectivity index (χ1) is 13.4. The Hall–Kier alpha value is -2.15. The van der Waals surface area contributed by atoms with Gasteiger partial charge in [-0.15, -0.1) is 11.3 Å². The Morgan fingerprint density at radius 2 is 2.32 bits per heavy atom. The van der Waals surface area contributed by atoms with E-state index in [9.17, 15) is 13.7 Å². The van der Waals surface area contributed by atoms with Crippen molar-refractivity contribution < 1.29 is 8.42 Å². The number of nitriles is 1. The molecule has 148 valence electrons. The number of hydrogen-bond donors (Lipinski definition) is 2. The average Bonchev–Trinajstić information content (AvgIpc) is 3.35. The molecule has 2 aliphatic heterocycles. The van der Waals surface area contributed by atoms with Gasteiger partial charge in [0.2, 0.25) is 0 Å². The third kappa shape index (κ3) is 3.60. The molecule has 0 bridgehead atoms. The number of sulfonamides is 1. The molecule has 2 unspecified atom stereocenters. The summed E-state index contributed by atoms with van der Waals surface area (Å²) in [6.07, 6.45) is 5.10. The molecule has 28 heavy (non-hydrogen) atoms. The summed E-state index contributed by atoms with van der Waals surface area (Å²) in [5, 5.41) is 14.9. The van der Waals surface area contributed by atoms with Gasteiger partial charge in [0.15, 0.2) is 5.13 Å². The SMILES string of the molecule is CC1CN2CCCC2(CNc2ccc(S(=O)(=O)Nc3nccs3)c(C#N)c2)C1. The van der Waals surface area contributed by atoms with Crippen molar-refractivity contribution in [3.05, 3.63) is 35.3 Å². The highest BCUT2D eigenvalue weighted by molar-refractivity contribution is 7.93. The van der Waals surface area contributed by atoms with Crippen LogP contribution in [0.2, 0.25) is 0 Å². The van der Waals surface area contributed by atoms with Crippen molar-refractivity contribution in [1.29, 1.82) is 5.26 Å². The summed E-state index contributed by atoms with van der Waals surface area (Å²) in [5.41, 5.74) is 1.07. The molecule has 2 saturated heterocycles. The lowest BCUT2D eigenvalue weighted by atomic mass is 9.90. The van der Waals surface area contributed by atoms with Gasteiger partial charge in [-0.3, -0.25) is 9.62 Å². The number of aromatic nitrogens is 1. The maximum absolute atomic E-state index is 12.6. The van der Waals surface area contributed by atoms with Crippen molar-refractivity contribution >= 4 is 32.2 Å². The topological polar surface area (TPSA) is 98.1 Å². The molecule has 2 fully saturated rings. The molecule has 2 aromatic rings. The van der Waals surface area contributed by atoms with E-state index in [-0.39, 0.29) is 21.1 Å². The lowest BCUT2D eigenvalue weighted by Crippen LogP contribution is -2.44. The van der Waals surface area contributed by atoms with Crippen LogP contribution >= 0.6 is 11.3 Å². The van der Waals surface area contributed by atoms with Gasteiger partial charge in [0.05, 0.1) is 5.56 Å². The fraction of sp³-hybridized carbons (Fsp3) is 0.474. The van der Waals surface area contributed by atoms with E-state index in [1.807, 2.05) is 6.07 Å². The lowest BCUT2D eigenvalue weighted by molar-refractivity contribution is 0.209. The van der Waals surface area contributed by atoms with E-state index in [4.69, 9.17) is 0 Å². The first kappa shape index (κ1) is 19.2. The Morgan fingerprint density at radius 1 is 1.46 bits per heavy atom. The second-order valence-corrected chi connectivity index (χ2v) is 10.2. The van der Waals surface area contributed by atoms with Crippen molar-refractivity contribution in [1.82, 2.24) is 9.88 Å². The Morgan fingerprint density at radius 3 is 3.07 bits per heavy atom. The zero-order valence-corrected chi connectivity index (χ0v) is 17.3. The summed E-state index contributed by atoms with van der Waals surface area (Å²) in [6, 6.07) is 6.84. The largest absolute Gasteiger partial charge is 0.383 e. The van der Waals surface area contributed by atoms with Crippen LogP contribution in [0.15, 0.2) is 34.7 Å². The number of hydrogen-bond acceptors (Lipinski definition) is 7. The number of benzene rings is 1. The molecule has 9 heteroatoms. The predicted octanol–water partition coefficient (Wildman–Crippen LogP) is 3.10. The Labute approximate surface area is 169 Å². The summed E-state index contributed by atoms with van der Waals surface area (Å²) in [7, 11) is -3.86. The molecule has 3 heterocycles. The van der Waals surface area contributed by atoms with Crippen LogP contribution in [0.4, 0.5) is 10.8 Å². The molecular weight excluding hydrogens is 394 g/mol. The fourth-order valence-corrected chi connectivity index (χ4v) is 6.47. The van der Waals surface area contributed by atoms with E-state index >= 15 is 0 Å². The van der Waals surface area contributed by atoms with Gasteiger partial charge in [-0.25, -0.2) is 13.4 Å². The van der Waals surface area contributed by atoms with Gasteiger partial charge in [-0.05, 0) is 49.9 Å². The highest BCUT2D eigenvalue weighted by atomic mass is 32.2. The molecule has 2 aliphatic rings. The van der Waals surface area contributed by atoms with E-state index in [0.717, 1.165) is 25.3 Å². The normalized spacial score (nSPS) is 24.6. The number of fused-ring (bicyclic) bond motifs is 1. The minimum Gasteiger partial charge on any atom is -0.383 e. The summed E-state index contributed by atoms with van der Waals surface area (Å²) in [4.78, 5) is 6.48. The Balaban J connectivity index is 1.52. The minimum atomic E-state index is -3.86. The summed E-state index contributed by atoms with van der Waals surface area (Å²) >= 11 is 1.19. The molecule has 0 radical (unpaired) electrons. The second-order valence-electron chi connectivity index (χ2n) is 7.70. The number of anilines is 2. The number of thiazole rings is 1. The van der Waals surface area contributed by atoms with E-state index in [0.29, 0.717) is 5.92 Å². The van der Waals surface area contributed by atoms with Gasteiger partial charge in [0.25, 0.3) is 10.0 Å². The maximum Gasteiger partial charge on any atom is 0.264 e. The van der Waals surface area contributed by atoms with Crippen molar-refractivity contribution in [3.8, 4) is 6.07 Å². The molecule has 1 aromatic heterocycles. The number of rotatable bonds is 6. The van der Waals surface area contributed by atoms with Gasteiger partial charge in [0, 0.05) is 35.9 Å². The summed E-state index contributed by atoms with van der Waals surface area (Å²) in [5.74, 6) is 0.696. The standard InChI is InChI=1S/C19H23N5O2S2/c1-14-10-19(5-2-7-24(19)12-14)13-22-16-3-4-17(15(9-16)11-20)28(25,26)23-18-21-6-8-27-18/h3-4,6,8-9,14,22H,2,5,7,10,12-13H2,1H3,(H,21,23). The second kappa shape index (κ2) is 7.35. The average molecular weight is 418 g/mol. The van der Waals surface area contributed by atoms with Gasteiger partial charge >= 0.3 is 0 Å². The monoisotopic (exact) mass is 417 g/mol. The zero-order chi connectivity index (χ0) is 19.8. The van der Waals surface area contributed by atoms with Crippen LogP contribution in [0, 0.1) is 17.2 Å². The smallest absolute Gasteiger partial charge is 0.264 e. The predicted molar refractivity (Wildman–Crippen MR) is 110 cm³/mol. The minimum absolute atomic E-state index is 0.0362. The van der Waals surface area contributed by atoms with E-state index in [1.54, 1.807) is 17.5 Å². The first-order valence-corrected chi connectivity index (χ1v) is 11.7. The molecule has 1 aromatic carbocycles. The molecule has 0 spiro atoms. The van der Waals surface area contributed by atoms with Crippen molar-refractivity contribution in [2.75, 3.05) is 29.7 Å². The number of nitrogens with one attached hydrogen (secondary N) is 2. The highest BCUT2D eigenvalue weighted by Gasteiger charge is 2.46. The van der Waals surface area contributed by atoms with Crippen molar-refractivity contribution in [2.24, 2.45) is 5.92 Å². The van der Waals surface area contributed by atoms with Crippen LogP contribution in [0.1, 0.15) is 31.7 Å². The zero-order valence-electron chi connectivity index (χ0n) is 15.7. The van der Waals surface area contributed by atoms with Crippen LogP contribution in [0.5, 0.6) is 0 Å². The summed E-state index contributed by atoms with van der Waals surface area (Å²) < 4.78 is 27.7. The van der Waals surface area contributed by atoms with E-state index in [2.05, 4.69) is 26.8 Å². The molecule has 2 atom stereocenters. The lowest BCUT2D eigenvalue weighted by Gasteiger charge is -2.32. The molecule has 0 saturated carbocycles. The van der Waals surface area contributed by atoms with Gasteiger partial charge in [-0.2, -0.15) is 5.26 Å². The van der Waals surface area contributed by atoms with Gasteiger partial charge in [-0.1, -0.05) is 6.92 Å². The van der Waals surface area contributed by atoms with Crippen LogP contribution in [-0.4, -0.2) is 43.5 Å². The highest BCUT2D eigenvalue weighted by Crippen LogP contribution is 2.41. The van der Waals surface area contributed by atoms with E-state index < -0.39 is 10.0 Å². The Kier molecular flexibility index (Phi) is 5.04. The maximum atomic E-state index is 12.6. The molecule has 2 N–H and O–H groups in total. The fourth-order valence-electron chi connectivity index (χ4n) is 4.54. The third-order valence-corrected chi connectivity index (χ3v) is 7.88. The molecular formula is C19H23N5O2S2. The van der Waals surface area contributed by atoms with Crippen LogP contribution in [0.3, 0.4) is 0 Å². The molecule has 0 aliphatic carbocycles. The molecule has 0 amide bonds. The van der Waals surface area contributed by atoms with Crippen LogP contribution in [-0.2, 0) is 10.0 Å². The van der Waals surface area contributed by atoms with Gasteiger partial charge < -0.3 is 5.32 Å². The quantitative estimate of drug-likeness (QED) is 0.749. The molecule has 4 rings (SSSR count).